The van der Waals surface area contributed by atoms with Gasteiger partial charge in [0.1, 0.15) is 5.70 Å². The molecule has 1 amide bonds. The number of thioether (sulfide) groups is 1. The average Bonchev–Trinajstić information content (AvgIpc) is 3.10. The number of amides is 1. The number of hydrogen-bond acceptors (Lipinski definition) is 7. The highest BCUT2D eigenvalue weighted by Gasteiger charge is 2.60. The molecule has 0 unspecified atom stereocenters. The van der Waals surface area contributed by atoms with Gasteiger partial charge >= 0.3 is 5.97 Å². The Kier molecular flexibility index (Phi) is 6.17. The first-order valence-corrected chi connectivity index (χ1v) is 10.4. The number of nitrogens with two attached hydrogens (primary N) is 1. The smallest absolute Gasteiger partial charge is 0.353 e. The summed E-state index contributed by atoms with van der Waals surface area (Å²) < 4.78 is 0. The van der Waals surface area contributed by atoms with Crippen LogP contribution in [-0.4, -0.2) is 74.7 Å². The number of aliphatic hydroxyl groups is 2. The lowest BCUT2D eigenvalue weighted by Gasteiger charge is -2.46. The third-order valence-corrected chi connectivity index (χ3v) is 7.35. The molecule has 3 heterocycles. The number of rotatable bonds is 8. The van der Waals surface area contributed by atoms with Crippen LogP contribution in [0.5, 0.6) is 0 Å². The molecule has 27 heavy (non-hydrogen) atoms. The molecule has 2 fully saturated rings. The van der Waals surface area contributed by atoms with Crippen LogP contribution in [0.3, 0.4) is 0 Å². The summed E-state index contributed by atoms with van der Waals surface area (Å²) in [6, 6.07) is -0.0962. The van der Waals surface area contributed by atoms with E-state index >= 15 is 0 Å². The zero-order chi connectivity index (χ0) is 19.9. The van der Waals surface area contributed by atoms with Crippen molar-refractivity contribution in [2.75, 3.05) is 13.1 Å². The summed E-state index contributed by atoms with van der Waals surface area (Å²) in [4.78, 5) is 26.3. The van der Waals surface area contributed by atoms with E-state index in [1.165, 1.54) is 16.7 Å². The number of hydrogen-bond donors (Lipinski definition) is 5. The summed E-state index contributed by atoms with van der Waals surface area (Å²) in [5.74, 6) is -2.04. The third kappa shape index (κ3) is 3.75. The van der Waals surface area contributed by atoms with E-state index in [-0.39, 0.29) is 34.9 Å². The fraction of sp³-hybridized carbons (Fsp3) is 0.778. The van der Waals surface area contributed by atoms with Crippen LogP contribution >= 0.6 is 11.8 Å². The van der Waals surface area contributed by atoms with E-state index in [1.807, 2.05) is 6.92 Å². The van der Waals surface area contributed by atoms with Crippen LogP contribution in [0, 0.1) is 11.8 Å². The van der Waals surface area contributed by atoms with Crippen molar-refractivity contribution < 1.29 is 24.9 Å². The summed E-state index contributed by atoms with van der Waals surface area (Å²) in [5, 5.41) is 33.1. The zero-order valence-corrected chi connectivity index (χ0v) is 16.5. The monoisotopic (exact) mass is 399 g/mol. The van der Waals surface area contributed by atoms with E-state index in [2.05, 4.69) is 5.32 Å². The molecule has 0 aromatic rings. The molecule has 0 bridgehead atoms. The van der Waals surface area contributed by atoms with Gasteiger partial charge in [-0.25, -0.2) is 4.79 Å². The molecule has 0 aromatic heterocycles. The number of nitrogens with one attached hydrogen (secondary N) is 1. The Balaban J connectivity index is 1.69. The molecule has 0 spiro atoms. The van der Waals surface area contributed by atoms with Crippen LogP contribution in [0.1, 0.15) is 33.1 Å². The lowest BCUT2D eigenvalue weighted by molar-refractivity contribution is -0.163. The number of nitrogens with zero attached hydrogens (tertiary/aromatic N) is 1. The Morgan fingerprint density at radius 3 is 2.74 bits per heavy atom. The molecule has 6 N–H and O–H groups in total. The molecule has 0 saturated carbocycles. The maximum Gasteiger partial charge on any atom is 0.353 e. The van der Waals surface area contributed by atoms with Gasteiger partial charge in [-0.15, -0.1) is 11.8 Å². The number of carboxylic acids is 1. The molecule has 152 valence electrons. The van der Waals surface area contributed by atoms with Gasteiger partial charge in [0, 0.05) is 28.7 Å². The van der Waals surface area contributed by atoms with Crippen molar-refractivity contribution in [3.8, 4) is 0 Å². The molecule has 7 atom stereocenters. The van der Waals surface area contributed by atoms with E-state index in [1.54, 1.807) is 6.92 Å². The Morgan fingerprint density at radius 1 is 1.44 bits per heavy atom. The highest BCUT2D eigenvalue weighted by atomic mass is 32.2. The Hall–Kier alpha value is -1.13. The Bertz CT molecular complexity index is 640. The predicted octanol–water partition coefficient (Wildman–Crippen LogP) is -0.296. The minimum Gasteiger partial charge on any atom is -0.477 e. The van der Waals surface area contributed by atoms with Crippen molar-refractivity contribution in [2.45, 2.75) is 62.7 Å². The normalized spacial score (nSPS) is 35.2. The predicted molar refractivity (Wildman–Crippen MR) is 102 cm³/mol. The van der Waals surface area contributed by atoms with Crippen molar-refractivity contribution in [1.29, 1.82) is 0 Å². The molecule has 3 rings (SSSR count). The lowest BCUT2D eigenvalue weighted by Crippen LogP contribution is -2.63. The maximum absolute atomic E-state index is 12.4. The van der Waals surface area contributed by atoms with Crippen LogP contribution in [0.15, 0.2) is 10.6 Å². The lowest BCUT2D eigenvalue weighted by atomic mass is 9.79. The van der Waals surface area contributed by atoms with Gasteiger partial charge in [0.15, 0.2) is 0 Å². The van der Waals surface area contributed by atoms with Gasteiger partial charge in [-0.2, -0.15) is 0 Å². The molecular formula is C18H29N3O5S. The van der Waals surface area contributed by atoms with Gasteiger partial charge < -0.3 is 31.3 Å². The van der Waals surface area contributed by atoms with Gasteiger partial charge in [-0.1, -0.05) is 6.92 Å². The number of carbonyl (C=O) groups is 2. The first-order chi connectivity index (χ1) is 12.8. The minimum atomic E-state index is -1.09. The van der Waals surface area contributed by atoms with Crippen molar-refractivity contribution >= 4 is 23.6 Å². The summed E-state index contributed by atoms with van der Waals surface area (Å²) in [6.07, 6.45) is 0.810. The van der Waals surface area contributed by atoms with Crippen LogP contribution in [0.25, 0.3) is 0 Å². The summed E-state index contributed by atoms with van der Waals surface area (Å²) in [7, 11) is 0. The second-order valence-corrected chi connectivity index (χ2v) is 9.16. The molecule has 9 heteroatoms. The van der Waals surface area contributed by atoms with Crippen LogP contribution < -0.4 is 11.1 Å². The van der Waals surface area contributed by atoms with Gasteiger partial charge in [-0.3, -0.25) is 4.79 Å². The largest absolute Gasteiger partial charge is 0.477 e. The van der Waals surface area contributed by atoms with Crippen LogP contribution in [0.2, 0.25) is 0 Å². The second kappa shape index (κ2) is 8.08. The van der Waals surface area contributed by atoms with Crippen molar-refractivity contribution in [2.24, 2.45) is 17.6 Å². The molecule has 0 aliphatic carbocycles. The Labute approximate surface area is 163 Å². The SMILES string of the molecule is C[C@@H](O)[C@H]1C(=O)N2C(C(=O)O)=C(S[C@@H]3CN[C@H](C[C@H](O)CCN)C3)[C@H](C)[C@H]12. The summed E-state index contributed by atoms with van der Waals surface area (Å²) in [6.45, 7) is 4.69. The van der Waals surface area contributed by atoms with Gasteiger partial charge in [0.25, 0.3) is 0 Å². The molecule has 8 nitrogen and oxygen atoms in total. The van der Waals surface area contributed by atoms with E-state index in [4.69, 9.17) is 5.73 Å². The minimum absolute atomic E-state index is 0.0750. The first-order valence-electron chi connectivity index (χ1n) is 9.53. The highest BCUT2D eigenvalue weighted by molar-refractivity contribution is 8.03. The molecule has 0 aromatic carbocycles. The van der Waals surface area contributed by atoms with E-state index < -0.39 is 24.1 Å². The van der Waals surface area contributed by atoms with Crippen molar-refractivity contribution in [1.82, 2.24) is 10.2 Å². The number of β-lactam (4-membered cyclic amide) rings is 1. The van der Waals surface area contributed by atoms with Crippen molar-refractivity contribution in [3.05, 3.63) is 10.6 Å². The average molecular weight is 400 g/mol. The fourth-order valence-electron chi connectivity index (χ4n) is 4.55. The number of carbonyl (C=O) groups excluding carboxylic acids is 1. The second-order valence-electron chi connectivity index (χ2n) is 7.82. The zero-order valence-electron chi connectivity index (χ0n) is 15.7. The molecule has 2 saturated heterocycles. The van der Waals surface area contributed by atoms with Crippen molar-refractivity contribution in [3.63, 3.8) is 0 Å². The van der Waals surface area contributed by atoms with E-state index in [0.29, 0.717) is 19.4 Å². The Morgan fingerprint density at radius 2 is 2.15 bits per heavy atom. The van der Waals surface area contributed by atoms with Gasteiger partial charge in [0.05, 0.1) is 24.2 Å². The number of aliphatic carboxylic acids is 1. The molecule has 0 radical (unpaired) electrons. The first kappa shape index (κ1) is 20.6. The molecule has 3 aliphatic rings. The van der Waals surface area contributed by atoms with Gasteiger partial charge in [-0.05, 0) is 32.7 Å². The summed E-state index contributed by atoms with van der Waals surface area (Å²) >= 11 is 1.52. The quantitative estimate of drug-likeness (QED) is 0.351. The highest BCUT2D eigenvalue weighted by Crippen LogP contribution is 2.51. The van der Waals surface area contributed by atoms with Crippen LogP contribution in [-0.2, 0) is 9.59 Å². The summed E-state index contributed by atoms with van der Waals surface area (Å²) in [5.41, 5.74) is 5.55. The fourth-order valence-corrected chi connectivity index (χ4v) is 6.07. The topological polar surface area (TPSA) is 136 Å². The van der Waals surface area contributed by atoms with E-state index in [9.17, 15) is 24.9 Å². The van der Waals surface area contributed by atoms with Gasteiger partial charge in [0.2, 0.25) is 5.91 Å². The molecular weight excluding hydrogens is 370 g/mol. The molecule has 3 aliphatic heterocycles. The number of carboxylic acid groups (broad SMARTS) is 1. The number of aliphatic hydroxyl groups excluding tert-OH is 2. The maximum atomic E-state index is 12.4. The van der Waals surface area contributed by atoms with E-state index in [0.717, 1.165) is 17.9 Å². The number of fused-ring (bicyclic) bond motifs is 1. The third-order valence-electron chi connectivity index (χ3n) is 5.84. The standard InChI is InChI=1S/C18H29N3O5S/c1-8-14-13(9(2)22)17(24)21(14)15(18(25)26)16(8)27-12-6-10(20-7-12)5-11(23)3-4-19/h8-14,20,22-23H,3-7,19H2,1-2H3,(H,25,26)/t8-,9-,10-,11-,12+,13-,14-/m1/s1. The van der Waals surface area contributed by atoms with Crippen LogP contribution in [0.4, 0.5) is 0 Å².